The van der Waals surface area contributed by atoms with Crippen molar-refractivity contribution in [1.29, 1.82) is 0 Å². The summed E-state index contributed by atoms with van der Waals surface area (Å²) in [7, 11) is 0. The number of phenols is 1. The van der Waals surface area contributed by atoms with Crippen LogP contribution in [0.1, 0.15) is 36.5 Å². The van der Waals surface area contributed by atoms with E-state index in [1.165, 1.54) is 6.92 Å². The zero-order valence-corrected chi connectivity index (χ0v) is 18.7. The first-order valence-electron chi connectivity index (χ1n) is 11.1. The first-order chi connectivity index (χ1) is 16.0. The van der Waals surface area contributed by atoms with Crippen molar-refractivity contribution in [3.63, 3.8) is 0 Å². The van der Waals surface area contributed by atoms with Gasteiger partial charge in [0.2, 0.25) is 11.8 Å². The highest BCUT2D eigenvalue weighted by atomic mass is 16.5. The van der Waals surface area contributed by atoms with Gasteiger partial charge in [-0.3, -0.25) is 9.59 Å². The summed E-state index contributed by atoms with van der Waals surface area (Å²) < 4.78 is 5.83. The summed E-state index contributed by atoms with van der Waals surface area (Å²) in [4.78, 5) is 25.9. The van der Waals surface area contributed by atoms with E-state index in [2.05, 4.69) is 5.32 Å². The molecule has 0 heterocycles. The Labute approximate surface area is 193 Å². The van der Waals surface area contributed by atoms with E-state index >= 15 is 0 Å². The summed E-state index contributed by atoms with van der Waals surface area (Å²) in [5.41, 5.74) is 3.38. The molecule has 6 nitrogen and oxygen atoms in total. The molecule has 0 saturated heterocycles. The van der Waals surface area contributed by atoms with E-state index in [0.717, 1.165) is 24.0 Å². The van der Waals surface area contributed by atoms with Crippen LogP contribution in [0, 0.1) is 5.92 Å². The number of nitrogens with zero attached hydrogens (tertiary/aromatic N) is 1. The smallest absolute Gasteiger partial charge is 0.226 e. The molecule has 2 amide bonds. The van der Waals surface area contributed by atoms with Crippen LogP contribution in [0.15, 0.2) is 72.8 Å². The van der Waals surface area contributed by atoms with Crippen LogP contribution in [-0.4, -0.2) is 21.8 Å². The highest BCUT2D eigenvalue weighted by Gasteiger charge is 2.33. The minimum atomic E-state index is -0.133. The quantitative estimate of drug-likeness (QED) is 0.494. The third kappa shape index (κ3) is 6.35. The summed E-state index contributed by atoms with van der Waals surface area (Å²) in [5, 5.41) is 13.0. The normalized spacial score (nSPS) is 12.8. The molecular formula is C27H28N2O4. The lowest BCUT2D eigenvalue weighted by molar-refractivity contribution is -0.133. The molecule has 1 aliphatic rings. The lowest BCUT2D eigenvalue weighted by Gasteiger charge is -2.23. The van der Waals surface area contributed by atoms with Crippen molar-refractivity contribution in [1.82, 2.24) is 4.90 Å². The zero-order chi connectivity index (χ0) is 23.2. The predicted octanol–water partition coefficient (Wildman–Crippen LogP) is 4.87. The predicted molar refractivity (Wildman–Crippen MR) is 127 cm³/mol. The van der Waals surface area contributed by atoms with Crippen molar-refractivity contribution in [2.45, 2.75) is 39.5 Å². The topological polar surface area (TPSA) is 78.9 Å². The molecule has 3 aromatic rings. The number of benzene rings is 3. The van der Waals surface area contributed by atoms with Gasteiger partial charge in [0.05, 0.1) is 0 Å². The summed E-state index contributed by atoms with van der Waals surface area (Å²) in [6, 6.07) is 22.4. The van der Waals surface area contributed by atoms with E-state index < -0.39 is 0 Å². The molecule has 0 unspecified atom stereocenters. The van der Waals surface area contributed by atoms with E-state index in [1.807, 2.05) is 47.4 Å². The Balaban J connectivity index is 1.43. The molecule has 0 radical (unpaired) electrons. The molecule has 1 aliphatic carbocycles. The van der Waals surface area contributed by atoms with Gasteiger partial charge in [-0.15, -0.1) is 0 Å². The fourth-order valence-corrected chi connectivity index (χ4v) is 3.68. The van der Waals surface area contributed by atoms with Crippen LogP contribution in [0.25, 0.3) is 0 Å². The Bertz CT molecular complexity index is 1110. The number of anilines is 1. The van der Waals surface area contributed by atoms with Gasteiger partial charge in [-0.05, 0) is 60.4 Å². The van der Waals surface area contributed by atoms with E-state index in [1.54, 1.807) is 30.3 Å². The number of rotatable bonds is 9. The molecule has 170 valence electrons. The van der Waals surface area contributed by atoms with E-state index in [-0.39, 0.29) is 30.1 Å². The van der Waals surface area contributed by atoms with Gasteiger partial charge in [-0.2, -0.15) is 0 Å². The standard InChI is InChI=1S/C27H28N2O4/c1-19(30)28-24-10-12-25(13-11-24)33-18-23-15-21(7-14-26(23)31)17-29(27(32)22-8-9-22)16-20-5-3-2-4-6-20/h2-7,10-15,22,31H,8-9,16-18H2,1H3,(H,28,30). The second kappa shape index (κ2) is 10.2. The van der Waals surface area contributed by atoms with Crippen LogP contribution in [0.2, 0.25) is 0 Å². The number of hydrogen-bond acceptors (Lipinski definition) is 4. The zero-order valence-electron chi connectivity index (χ0n) is 18.7. The fourth-order valence-electron chi connectivity index (χ4n) is 3.68. The maximum absolute atomic E-state index is 12.9. The molecule has 6 heteroatoms. The highest BCUT2D eigenvalue weighted by Crippen LogP contribution is 2.32. The van der Waals surface area contributed by atoms with Crippen LogP contribution >= 0.6 is 0 Å². The second-order valence-corrected chi connectivity index (χ2v) is 8.41. The van der Waals surface area contributed by atoms with Gasteiger partial charge < -0.3 is 20.1 Å². The molecule has 1 saturated carbocycles. The molecular weight excluding hydrogens is 416 g/mol. The fraction of sp³-hybridized carbons (Fsp3) is 0.259. The van der Waals surface area contributed by atoms with Crippen molar-refractivity contribution in [2.24, 2.45) is 5.92 Å². The van der Waals surface area contributed by atoms with Crippen molar-refractivity contribution < 1.29 is 19.4 Å². The maximum Gasteiger partial charge on any atom is 0.226 e. The molecule has 0 aliphatic heterocycles. The average molecular weight is 445 g/mol. The molecule has 0 bridgehead atoms. The van der Waals surface area contributed by atoms with Crippen LogP contribution < -0.4 is 10.1 Å². The first kappa shape index (κ1) is 22.4. The number of amides is 2. The van der Waals surface area contributed by atoms with Crippen molar-refractivity contribution in [2.75, 3.05) is 5.32 Å². The van der Waals surface area contributed by atoms with Crippen molar-refractivity contribution in [3.05, 3.63) is 89.5 Å². The molecule has 0 atom stereocenters. The van der Waals surface area contributed by atoms with Crippen LogP contribution in [0.4, 0.5) is 5.69 Å². The van der Waals surface area contributed by atoms with E-state index in [0.29, 0.717) is 30.1 Å². The number of nitrogens with one attached hydrogen (secondary N) is 1. The van der Waals surface area contributed by atoms with Gasteiger partial charge in [0, 0.05) is 37.2 Å². The minimum absolute atomic E-state index is 0.133. The van der Waals surface area contributed by atoms with Gasteiger partial charge in [0.1, 0.15) is 18.1 Å². The largest absolute Gasteiger partial charge is 0.508 e. The summed E-state index contributed by atoms with van der Waals surface area (Å²) in [6.45, 7) is 2.68. The second-order valence-electron chi connectivity index (χ2n) is 8.41. The van der Waals surface area contributed by atoms with Crippen LogP contribution in [0.3, 0.4) is 0 Å². The molecule has 3 aromatic carbocycles. The van der Waals surface area contributed by atoms with Gasteiger partial charge in [0.25, 0.3) is 0 Å². The molecule has 0 spiro atoms. The average Bonchev–Trinajstić information content (AvgIpc) is 3.65. The summed E-state index contributed by atoms with van der Waals surface area (Å²) in [6.07, 6.45) is 1.92. The SMILES string of the molecule is CC(=O)Nc1ccc(OCc2cc(CN(Cc3ccccc3)C(=O)C3CC3)ccc2O)cc1. The number of ether oxygens (including phenoxy) is 1. The van der Waals surface area contributed by atoms with Crippen LogP contribution in [0.5, 0.6) is 11.5 Å². The minimum Gasteiger partial charge on any atom is -0.508 e. The van der Waals surface area contributed by atoms with Gasteiger partial charge in [-0.25, -0.2) is 0 Å². The lowest BCUT2D eigenvalue weighted by atomic mass is 10.1. The highest BCUT2D eigenvalue weighted by molar-refractivity contribution is 5.88. The van der Waals surface area contributed by atoms with Crippen molar-refractivity contribution >= 4 is 17.5 Å². The Hall–Kier alpha value is -3.80. The van der Waals surface area contributed by atoms with Crippen molar-refractivity contribution in [3.8, 4) is 11.5 Å². The third-order valence-corrected chi connectivity index (χ3v) is 5.54. The Kier molecular flexibility index (Phi) is 6.93. The van der Waals surface area contributed by atoms with Gasteiger partial charge in [0.15, 0.2) is 0 Å². The molecule has 4 rings (SSSR count). The van der Waals surface area contributed by atoms with E-state index in [9.17, 15) is 14.7 Å². The molecule has 0 aromatic heterocycles. The third-order valence-electron chi connectivity index (χ3n) is 5.54. The Morgan fingerprint density at radius 1 is 0.970 bits per heavy atom. The van der Waals surface area contributed by atoms with Gasteiger partial charge in [-0.1, -0.05) is 36.4 Å². The van der Waals surface area contributed by atoms with Crippen LogP contribution in [-0.2, 0) is 29.3 Å². The number of carbonyl (C=O) groups is 2. The summed E-state index contributed by atoms with van der Waals surface area (Å²) in [5.74, 6) is 0.963. The molecule has 33 heavy (non-hydrogen) atoms. The van der Waals surface area contributed by atoms with E-state index in [4.69, 9.17) is 4.74 Å². The first-order valence-corrected chi connectivity index (χ1v) is 11.1. The summed E-state index contributed by atoms with van der Waals surface area (Å²) >= 11 is 0. The number of phenolic OH excluding ortho intramolecular Hbond substituents is 1. The number of aromatic hydroxyl groups is 1. The monoisotopic (exact) mass is 444 g/mol. The van der Waals surface area contributed by atoms with Gasteiger partial charge >= 0.3 is 0 Å². The Morgan fingerprint density at radius 3 is 2.33 bits per heavy atom. The number of carbonyl (C=O) groups excluding carboxylic acids is 2. The Morgan fingerprint density at radius 2 is 1.67 bits per heavy atom. The maximum atomic E-state index is 12.9. The number of hydrogen-bond donors (Lipinski definition) is 2. The molecule has 2 N–H and O–H groups in total. The molecule has 1 fully saturated rings. The lowest BCUT2D eigenvalue weighted by Crippen LogP contribution is -2.31.